The molecular formula is C28H29FN6O5. The molecule has 2 aromatic rings. The first kappa shape index (κ1) is 28.0. The standard InChI is InChI=1S/C17H17N5O3.C11H12FNO2/c1-3-10(7-19-9(2)18)12-4-5-13-11(8-20-12)6-14(25-13)15-16(23)22-17(24)21-15;1-13-6-5-7-3-4-8(15-2)10(12)9(7)11(13)14/h3-7,15H,2,8,18H2,1H3,(H2,21,22,23,24);3-4H,5-6H2,1-2H3/b10-3+,19-7-;. The summed E-state index contributed by atoms with van der Waals surface area (Å²) in [5.41, 5.74) is 8.72. The zero-order chi connectivity index (χ0) is 29.0. The van der Waals surface area contributed by atoms with Crippen LogP contribution in [0.4, 0.5) is 9.18 Å². The Balaban J connectivity index is 0.000000210. The van der Waals surface area contributed by atoms with Gasteiger partial charge < -0.3 is 25.1 Å². The summed E-state index contributed by atoms with van der Waals surface area (Å²) in [6.07, 6.45) is 7.73. The Bertz CT molecular complexity index is 1500. The molecular weight excluding hydrogens is 519 g/mol. The molecule has 1 saturated heterocycles. The maximum absolute atomic E-state index is 13.8. The zero-order valence-electron chi connectivity index (χ0n) is 22.3. The van der Waals surface area contributed by atoms with Gasteiger partial charge in [0.05, 0.1) is 24.9 Å². The Hall–Kier alpha value is -5.00. The Morgan fingerprint density at radius 2 is 2.08 bits per heavy atom. The van der Waals surface area contributed by atoms with E-state index in [0.29, 0.717) is 31.0 Å². The number of allylic oxidation sites excluding steroid dienone is 3. The van der Waals surface area contributed by atoms with Gasteiger partial charge in [-0.05, 0) is 43.2 Å². The number of methoxy groups -OCH3 is 1. The van der Waals surface area contributed by atoms with Gasteiger partial charge in [-0.15, -0.1) is 0 Å². The SMILES string of the molecule is C=C(N)/N=C\C(=C/C)C1=NCc2cc(C3NC(=O)NC3=O)oc2C=C1.COc1ccc2c(c1F)C(=O)N(C)CC2. The van der Waals surface area contributed by atoms with Crippen LogP contribution in [0.25, 0.3) is 6.08 Å². The van der Waals surface area contributed by atoms with Crippen LogP contribution in [0.5, 0.6) is 5.75 Å². The molecule has 1 unspecified atom stereocenters. The first-order valence-corrected chi connectivity index (χ1v) is 12.3. The number of imide groups is 1. The summed E-state index contributed by atoms with van der Waals surface area (Å²) in [7, 11) is 3.06. The lowest BCUT2D eigenvalue weighted by atomic mass is 9.98. The maximum atomic E-state index is 13.8. The van der Waals surface area contributed by atoms with Gasteiger partial charge in [0.2, 0.25) is 0 Å². The number of benzene rings is 1. The number of rotatable bonds is 5. The predicted molar refractivity (Wildman–Crippen MR) is 147 cm³/mol. The van der Waals surface area contributed by atoms with Crippen molar-refractivity contribution < 1.29 is 27.9 Å². The Morgan fingerprint density at radius 1 is 1.30 bits per heavy atom. The number of carbonyl (C=O) groups is 3. The highest BCUT2D eigenvalue weighted by molar-refractivity contribution is 6.22. The van der Waals surface area contributed by atoms with Gasteiger partial charge in [0.25, 0.3) is 11.8 Å². The van der Waals surface area contributed by atoms with E-state index < -0.39 is 23.8 Å². The number of ether oxygens (including phenoxy) is 1. The number of nitrogens with two attached hydrogens (primary N) is 1. The van der Waals surface area contributed by atoms with E-state index in [1.54, 1.807) is 43.6 Å². The van der Waals surface area contributed by atoms with Gasteiger partial charge in [-0.25, -0.2) is 14.2 Å². The van der Waals surface area contributed by atoms with Gasteiger partial charge in [0.15, 0.2) is 17.6 Å². The number of likely N-dealkylation sites (N-methyl/N-ethyl adjacent to an activating group) is 1. The summed E-state index contributed by atoms with van der Waals surface area (Å²) in [4.78, 5) is 44.8. The van der Waals surface area contributed by atoms with E-state index in [2.05, 4.69) is 27.2 Å². The zero-order valence-corrected chi connectivity index (χ0v) is 22.3. The number of amides is 4. The van der Waals surface area contributed by atoms with Crippen LogP contribution >= 0.6 is 0 Å². The number of urea groups is 1. The van der Waals surface area contributed by atoms with Crippen LogP contribution in [-0.2, 0) is 17.8 Å². The normalized spacial score (nSPS) is 18.2. The summed E-state index contributed by atoms with van der Waals surface area (Å²) >= 11 is 0. The minimum atomic E-state index is -0.815. The number of carbonyl (C=O) groups excluding carboxylic acids is 3. The van der Waals surface area contributed by atoms with E-state index in [1.807, 2.05) is 13.0 Å². The molecule has 4 N–H and O–H groups in total. The third-order valence-electron chi connectivity index (χ3n) is 6.40. The molecule has 0 radical (unpaired) electrons. The van der Waals surface area contributed by atoms with Crippen LogP contribution in [0, 0.1) is 5.82 Å². The number of hydrogen-bond acceptors (Lipinski definition) is 8. The Kier molecular flexibility index (Phi) is 8.27. The van der Waals surface area contributed by atoms with Crippen molar-refractivity contribution >= 4 is 35.8 Å². The molecule has 5 rings (SSSR count). The fourth-order valence-corrected chi connectivity index (χ4v) is 4.27. The lowest BCUT2D eigenvalue weighted by molar-refractivity contribution is -0.120. The molecule has 3 aliphatic heterocycles. The van der Waals surface area contributed by atoms with E-state index >= 15 is 0 Å². The molecule has 12 heteroatoms. The average Bonchev–Trinajstić information content (AvgIpc) is 3.42. The number of halogens is 1. The second-order valence-electron chi connectivity index (χ2n) is 9.05. The monoisotopic (exact) mass is 548 g/mol. The highest BCUT2D eigenvalue weighted by atomic mass is 19.1. The van der Waals surface area contributed by atoms with Crippen molar-refractivity contribution in [3.63, 3.8) is 0 Å². The number of furan rings is 1. The van der Waals surface area contributed by atoms with Gasteiger partial charge in [-0.1, -0.05) is 18.7 Å². The van der Waals surface area contributed by atoms with Crippen LogP contribution in [0.3, 0.4) is 0 Å². The average molecular weight is 549 g/mol. The van der Waals surface area contributed by atoms with Crippen LogP contribution in [0.15, 0.2) is 62.7 Å². The summed E-state index contributed by atoms with van der Waals surface area (Å²) in [6, 6.07) is 3.70. The molecule has 1 aromatic heterocycles. The highest BCUT2D eigenvalue weighted by Gasteiger charge is 2.34. The fraction of sp³-hybridized carbons (Fsp3) is 0.250. The molecule has 0 saturated carbocycles. The highest BCUT2D eigenvalue weighted by Crippen LogP contribution is 2.28. The van der Waals surface area contributed by atoms with Gasteiger partial charge in [-0.3, -0.25) is 19.9 Å². The van der Waals surface area contributed by atoms with Crippen molar-refractivity contribution in [1.82, 2.24) is 15.5 Å². The van der Waals surface area contributed by atoms with E-state index in [-0.39, 0.29) is 23.0 Å². The topological polar surface area (TPSA) is 152 Å². The van der Waals surface area contributed by atoms with E-state index in [0.717, 1.165) is 22.4 Å². The number of hydrogen-bond donors (Lipinski definition) is 3. The molecule has 1 atom stereocenters. The minimum absolute atomic E-state index is 0.123. The third-order valence-corrected chi connectivity index (χ3v) is 6.40. The molecule has 3 aliphatic rings. The molecule has 1 fully saturated rings. The van der Waals surface area contributed by atoms with Gasteiger partial charge in [0.1, 0.15) is 17.3 Å². The van der Waals surface area contributed by atoms with Crippen molar-refractivity contribution in [1.29, 1.82) is 0 Å². The number of nitrogens with one attached hydrogen (secondary N) is 2. The summed E-state index contributed by atoms with van der Waals surface area (Å²) in [6.45, 7) is 6.41. The van der Waals surface area contributed by atoms with Gasteiger partial charge >= 0.3 is 6.03 Å². The second kappa shape index (κ2) is 11.8. The second-order valence-corrected chi connectivity index (χ2v) is 9.05. The van der Waals surface area contributed by atoms with Crippen LogP contribution in [-0.4, -0.2) is 55.4 Å². The summed E-state index contributed by atoms with van der Waals surface area (Å²) in [5, 5.41) is 4.69. The molecule has 4 amide bonds. The number of aliphatic imine (C=N–C) groups is 2. The molecule has 0 spiro atoms. The fourth-order valence-electron chi connectivity index (χ4n) is 4.27. The lowest BCUT2D eigenvalue weighted by Gasteiger charge is -2.25. The van der Waals surface area contributed by atoms with E-state index in [4.69, 9.17) is 14.9 Å². The summed E-state index contributed by atoms with van der Waals surface area (Å²) < 4.78 is 24.4. The molecule has 4 heterocycles. The predicted octanol–water partition coefficient (Wildman–Crippen LogP) is 3.04. The van der Waals surface area contributed by atoms with Crippen LogP contribution in [0.1, 0.15) is 46.0 Å². The quantitative estimate of drug-likeness (QED) is 0.386. The maximum Gasteiger partial charge on any atom is 0.322 e. The first-order valence-electron chi connectivity index (χ1n) is 12.3. The smallest absolute Gasteiger partial charge is 0.322 e. The van der Waals surface area contributed by atoms with Gasteiger partial charge in [0, 0.05) is 30.9 Å². The molecule has 0 aliphatic carbocycles. The molecule has 40 heavy (non-hydrogen) atoms. The van der Waals surface area contributed by atoms with E-state index in [9.17, 15) is 18.8 Å². The Labute approximate surface area is 230 Å². The lowest BCUT2D eigenvalue weighted by Crippen LogP contribution is -2.35. The van der Waals surface area contributed by atoms with Crippen LogP contribution < -0.4 is 21.1 Å². The van der Waals surface area contributed by atoms with Crippen LogP contribution in [0.2, 0.25) is 0 Å². The minimum Gasteiger partial charge on any atom is -0.494 e. The Morgan fingerprint density at radius 3 is 2.73 bits per heavy atom. The summed E-state index contributed by atoms with van der Waals surface area (Å²) in [5.74, 6) is 0.0568. The third kappa shape index (κ3) is 5.85. The van der Waals surface area contributed by atoms with Gasteiger partial charge in [-0.2, -0.15) is 0 Å². The largest absolute Gasteiger partial charge is 0.494 e. The molecule has 0 bridgehead atoms. The first-order chi connectivity index (χ1) is 19.1. The molecule has 208 valence electrons. The molecule has 11 nitrogen and oxygen atoms in total. The number of fused-ring (bicyclic) bond motifs is 2. The molecule has 1 aromatic carbocycles. The number of nitrogens with zero attached hydrogens (tertiary/aromatic N) is 3. The van der Waals surface area contributed by atoms with Crippen molar-refractivity contribution in [3.05, 3.63) is 82.4 Å². The van der Waals surface area contributed by atoms with E-state index in [1.165, 1.54) is 12.0 Å². The van der Waals surface area contributed by atoms with Crippen molar-refractivity contribution in [2.24, 2.45) is 15.7 Å². The van der Waals surface area contributed by atoms with Crippen molar-refractivity contribution in [2.75, 3.05) is 20.7 Å². The van der Waals surface area contributed by atoms with Crippen molar-refractivity contribution in [2.45, 2.75) is 25.9 Å². The van der Waals surface area contributed by atoms with Crippen molar-refractivity contribution in [3.8, 4) is 5.75 Å².